The molecule has 3 heteroatoms. The Morgan fingerprint density at radius 1 is 1.17 bits per heavy atom. The van der Waals surface area contributed by atoms with Gasteiger partial charge in [-0.2, -0.15) is 0 Å². The van der Waals surface area contributed by atoms with Crippen LogP contribution >= 0.6 is 31.9 Å². The number of halogens is 2. The molecule has 0 amide bonds. The van der Waals surface area contributed by atoms with Crippen LogP contribution in [0.4, 0.5) is 0 Å². The summed E-state index contributed by atoms with van der Waals surface area (Å²) >= 11 is 6.64. The van der Waals surface area contributed by atoms with Gasteiger partial charge in [0.25, 0.3) is 0 Å². The summed E-state index contributed by atoms with van der Waals surface area (Å²) in [5.41, 5.74) is 0. The van der Waals surface area contributed by atoms with E-state index in [1.807, 2.05) is 6.08 Å². The fraction of sp³-hybridized carbons (Fsp3) is 0.333. The highest BCUT2D eigenvalue weighted by Crippen LogP contribution is 2.09. The fourth-order valence-electron chi connectivity index (χ4n) is 0.853. The first kappa shape index (κ1) is 12.1. The van der Waals surface area contributed by atoms with Gasteiger partial charge in [-0.15, -0.1) is 6.58 Å². The molecule has 0 heterocycles. The predicted octanol–water partition coefficient (Wildman–Crippen LogP) is 3.29. The van der Waals surface area contributed by atoms with E-state index in [2.05, 4.69) is 56.5 Å². The van der Waals surface area contributed by atoms with Crippen LogP contribution in [-0.4, -0.2) is 24.5 Å². The van der Waals surface area contributed by atoms with Crippen molar-refractivity contribution in [3.05, 3.63) is 34.8 Å². The van der Waals surface area contributed by atoms with E-state index in [4.69, 9.17) is 0 Å². The lowest BCUT2D eigenvalue weighted by Gasteiger charge is -2.19. The molecule has 1 nitrogen and oxygen atoms in total. The zero-order chi connectivity index (χ0) is 9.56. The van der Waals surface area contributed by atoms with E-state index in [0.29, 0.717) is 0 Å². The van der Waals surface area contributed by atoms with E-state index in [0.717, 1.165) is 28.6 Å². The number of rotatable bonds is 6. The number of nitrogens with zero attached hydrogens (tertiary/aromatic N) is 1. The summed E-state index contributed by atoms with van der Waals surface area (Å²) in [5, 5.41) is 0. The van der Waals surface area contributed by atoms with Crippen molar-refractivity contribution in [2.45, 2.75) is 0 Å². The van der Waals surface area contributed by atoms with Gasteiger partial charge in [-0.3, -0.25) is 4.90 Å². The molecule has 0 rings (SSSR count). The summed E-state index contributed by atoms with van der Waals surface area (Å²) in [6.07, 6.45) is 1.87. The summed E-state index contributed by atoms with van der Waals surface area (Å²) in [6.45, 7) is 13.7. The van der Waals surface area contributed by atoms with Crippen LogP contribution in [0.15, 0.2) is 34.8 Å². The van der Waals surface area contributed by atoms with Crippen molar-refractivity contribution >= 4 is 31.9 Å². The highest BCUT2D eigenvalue weighted by atomic mass is 79.9. The quantitative estimate of drug-likeness (QED) is 0.680. The Hall–Kier alpha value is 0.140. The van der Waals surface area contributed by atoms with Crippen LogP contribution < -0.4 is 0 Å². The van der Waals surface area contributed by atoms with Crippen LogP contribution in [0.2, 0.25) is 0 Å². The summed E-state index contributed by atoms with van der Waals surface area (Å²) in [6, 6.07) is 0. The first-order valence-corrected chi connectivity index (χ1v) is 5.14. The Morgan fingerprint density at radius 3 is 1.83 bits per heavy atom. The molecule has 12 heavy (non-hydrogen) atoms. The van der Waals surface area contributed by atoms with Gasteiger partial charge < -0.3 is 0 Å². The van der Waals surface area contributed by atoms with Crippen LogP contribution in [0, 0.1) is 0 Å². The lowest BCUT2D eigenvalue weighted by atomic mass is 10.4. The van der Waals surface area contributed by atoms with E-state index in [1.54, 1.807) is 0 Å². The second kappa shape index (κ2) is 6.63. The lowest BCUT2D eigenvalue weighted by molar-refractivity contribution is 0.370. The first-order valence-electron chi connectivity index (χ1n) is 3.56. The minimum Gasteiger partial charge on any atom is -0.290 e. The second-order valence-corrected chi connectivity index (χ2v) is 4.74. The van der Waals surface area contributed by atoms with Crippen molar-refractivity contribution in [1.29, 1.82) is 0 Å². The molecule has 0 bridgehead atoms. The molecule has 0 fully saturated rings. The van der Waals surface area contributed by atoms with E-state index >= 15 is 0 Å². The van der Waals surface area contributed by atoms with Crippen molar-refractivity contribution in [3.63, 3.8) is 0 Å². The maximum absolute atomic E-state index is 3.78. The molecule has 0 aromatic carbocycles. The van der Waals surface area contributed by atoms with Gasteiger partial charge in [-0.25, -0.2) is 0 Å². The van der Waals surface area contributed by atoms with E-state index in [-0.39, 0.29) is 0 Å². The Kier molecular flexibility index (Phi) is 6.71. The van der Waals surface area contributed by atoms with Crippen molar-refractivity contribution in [3.8, 4) is 0 Å². The fourth-order valence-corrected chi connectivity index (χ4v) is 1.56. The van der Waals surface area contributed by atoms with Gasteiger partial charge in [0, 0.05) is 28.6 Å². The molecular weight excluding hydrogens is 282 g/mol. The zero-order valence-electron chi connectivity index (χ0n) is 7.02. The summed E-state index contributed by atoms with van der Waals surface area (Å²) < 4.78 is 1.94. The van der Waals surface area contributed by atoms with Crippen LogP contribution in [0.25, 0.3) is 0 Å². The highest BCUT2D eigenvalue weighted by Gasteiger charge is 2.03. The van der Waals surface area contributed by atoms with Gasteiger partial charge >= 0.3 is 0 Å². The standard InChI is InChI=1S/C9H13Br2N/c1-4-5-12(6-8(2)10)7-9(3)11/h4H,1-3,5-7H2. The average Bonchev–Trinajstić information content (AvgIpc) is 1.84. The molecule has 0 aliphatic heterocycles. The smallest absolute Gasteiger partial charge is 0.0300 e. The van der Waals surface area contributed by atoms with E-state index in [9.17, 15) is 0 Å². The third kappa shape index (κ3) is 6.83. The van der Waals surface area contributed by atoms with Crippen molar-refractivity contribution < 1.29 is 0 Å². The molecule has 0 radical (unpaired) electrons. The third-order valence-corrected chi connectivity index (χ3v) is 1.68. The van der Waals surface area contributed by atoms with Crippen LogP contribution in [-0.2, 0) is 0 Å². The Labute approximate surface area is 91.1 Å². The molecule has 0 unspecified atom stereocenters. The zero-order valence-corrected chi connectivity index (χ0v) is 10.2. The van der Waals surface area contributed by atoms with Gasteiger partial charge in [0.1, 0.15) is 0 Å². The van der Waals surface area contributed by atoms with Crippen molar-refractivity contribution in [2.75, 3.05) is 19.6 Å². The Bertz CT molecular complexity index is 171. The molecular formula is C9H13Br2N. The predicted molar refractivity (Wildman–Crippen MR) is 62.8 cm³/mol. The molecule has 0 N–H and O–H groups in total. The number of hydrogen-bond donors (Lipinski definition) is 0. The molecule has 0 saturated heterocycles. The van der Waals surface area contributed by atoms with Crippen molar-refractivity contribution in [1.82, 2.24) is 4.90 Å². The Morgan fingerprint density at radius 2 is 1.58 bits per heavy atom. The number of hydrogen-bond acceptors (Lipinski definition) is 1. The van der Waals surface area contributed by atoms with Gasteiger partial charge in [-0.1, -0.05) is 51.1 Å². The molecule has 0 atom stereocenters. The minimum absolute atomic E-state index is 0.816. The summed E-state index contributed by atoms with van der Waals surface area (Å²) in [5.74, 6) is 0. The molecule has 0 aromatic heterocycles. The van der Waals surface area contributed by atoms with E-state index in [1.165, 1.54) is 0 Å². The monoisotopic (exact) mass is 293 g/mol. The second-order valence-electron chi connectivity index (χ2n) is 2.49. The molecule has 0 saturated carbocycles. The Balaban J connectivity index is 3.93. The molecule has 68 valence electrons. The van der Waals surface area contributed by atoms with E-state index < -0.39 is 0 Å². The molecule has 0 aliphatic rings. The average molecular weight is 295 g/mol. The summed E-state index contributed by atoms with van der Waals surface area (Å²) in [4.78, 5) is 2.17. The normalized spacial score (nSPS) is 9.92. The first-order chi connectivity index (χ1) is 5.56. The maximum Gasteiger partial charge on any atom is 0.0300 e. The van der Waals surface area contributed by atoms with Gasteiger partial charge in [-0.05, 0) is 0 Å². The van der Waals surface area contributed by atoms with Gasteiger partial charge in [0.05, 0.1) is 0 Å². The van der Waals surface area contributed by atoms with Crippen molar-refractivity contribution in [2.24, 2.45) is 0 Å². The van der Waals surface area contributed by atoms with Gasteiger partial charge in [0.15, 0.2) is 0 Å². The van der Waals surface area contributed by atoms with Gasteiger partial charge in [0.2, 0.25) is 0 Å². The third-order valence-electron chi connectivity index (χ3n) is 1.18. The molecule has 0 spiro atoms. The maximum atomic E-state index is 3.78. The molecule has 0 aliphatic carbocycles. The lowest BCUT2D eigenvalue weighted by Crippen LogP contribution is -2.26. The topological polar surface area (TPSA) is 3.24 Å². The largest absolute Gasteiger partial charge is 0.290 e. The van der Waals surface area contributed by atoms with Crippen LogP contribution in [0.1, 0.15) is 0 Å². The highest BCUT2D eigenvalue weighted by molar-refractivity contribution is 9.12. The SMILES string of the molecule is C=CCN(CC(=C)Br)CC(=C)Br. The van der Waals surface area contributed by atoms with Crippen LogP contribution in [0.5, 0.6) is 0 Å². The molecule has 0 aromatic rings. The minimum atomic E-state index is 0.816. The summed E-state index contributed by atoms with van der Waals surface area (Å²) in [7, 11) is 0. The van der Waals surface area contributed by atoms with Crippen LogP contribution in [0.3, 0.4) is 0 Å².